The van der Waals surface area contributed by atoms with Crippen LogP contribution < -0.4 is 9.64 Å². The topological polar surface area (TPSA) is 70.1 Å². The number of hydrogen-bond acceptors (Lipinski definition) is 4. The molecule has 0 saturated carbocycles. The van der Waals surface area contributed by atoms with E-state index >= 15 is 0 Å². The number of fused-ring (bicyclic) bond motifs is 1. The van der Waals surface area contributed by atoms with Crippen molar-refractivity contribution in [1.82, 2.24) is 4.90 Å². The van der Waals surface area contributed by atoms with Crippen molar-refractivity contribution in [1.29, 1.82) is 0 Å². The zero-order valence-electron chi connectivity index (χ0n) is 13.0. The van der Waals surface area contributed by atoms with Gasteiger partial charge < -0.3 is 19.6 Å². The molecule has 1 aromatic carbocycles. The minimum Gasteiger partial charge on any atom is -0.479 e. The fourth-order valence-corrected chi connectivity index (χ4v) is 2.53. The van der Waals surface area contributed by atoms with Crippen LogP contribution in [0.5, 0.6) is 5.75 Å². The molecule has 2 rings (SSSR count). The number of nitrogens with zero attached hydrogens (tertiary/aromatic N) is 2. The summed E-state index contributed by atoms with van der Waals surface area (Å²) >= 11 is 0. The van der Waals surface area contributed by atoms with Gasteiger partial charge >= 0.3 is 0 Å². The van der Waals surface area contributed by atoms with Crippen molar-refractivity contribution in [3.05, 3.63) is 24.3 Å². The van der Waals surface area contributed by atoms with E-state index < -0.39 is 6.10 Å². The van der Waals surface area contributed by atoms with Crippen LogP contribution >= 0.6 is 0 Å². The number of carbonyl (C=O) groups excluding carboxylic acids is 2. The maximum atomic E-state index is 12.3. The normalized spacial score (nSPS) is 17.0. The van der Waals surface area contributed by atoms with Gasteiger partial charge in [-0.15, -0.1) is 0 Å². The number of ether oxygens (including phenoxy) is 1. The average Bonchev–Trinajstić information content (AvgIpc) is 2.52. The Bertz CT molecular complexity index is 547. The summed E-state index contributed by atoms with van der Waals surface area (Å²) in [5.74, 6) is 0.447. The van der Waals surface area contributed by atoms with Crippen LogP contribution in [0.25, 0.3) is 0 Å². The molecule has 1 unspecified atom stereocenters. The first-order chi connectivity index (χ1) is 10.6. The summed E-state index contributed by atoms with van der Waals surface area (Å²) in [6, 6.07) is 7.32. The monoisotopic (exact) mass is 306 g/mol. The number of aliphatic hydroxyl groups is 1. The minimum absolute atomic E-state index is 0.0596. The minimum atomic E-state index is -0.551. The van der Waals surface area contributed by atoms with Gasteiger partial charge in [0.15, 0.2) is 6.10 Å². The van der Waals surface area contributed by atoms with E-state index in [4.69, 9.17) is 9.84 Å². The van der Waals surface area contributed by atoms with E-state index in [9.17, 15) is 9.59 Å². The van der Waals surface area contributed by atoms with Gasteiger partial charge in [-0.1, -0.05) is 12.1 Å². The summed E-state index contributed by atoms with van der Waals surface area (Å²) in [5.41, 5.74) is 0.698. The molecule has 1 aliphatic heterocycles. The maximum Gasteiger partial charge on any atom is 0.267 e. The van der Waals surface area contributed by atoms with Gasteiger partial charge in [0.25, 0.3) is 5.91 Å². The lowest BCUT2D eigenvalue weighted by Gasteiger charge is -2.33. The molecule has 1 N–H and O–H groups in total. The zero-order valence-corrected chi connectivity index (χ0v) is 13.0. The summed E-state index contributed by atoms with van der Waals surface area (Å²) < 4.78 is 5.57. The van der Waals surface area contributed by atoms with Crippen LogP contribution in [0.2, 0.25) is 0 Å². The lowest BCUT2D eigenvalue weighted by molar-refractivity contribution is -0.131. The molecular weight excluding hydrogens is 284 g/mol. The number of benzene rings is 1. The molecule has 1 atom stereocenters. The van der Waals surface area contributed by atoms with Gasteiger partial charge in [0.05, 0.1) is 12.3 Å². The van der Waals surface area contributed by atoms with E-state index in [0.29, 0.717) is 31.1 Å². The van der Waals surface area contributed by atoms with Crippen LogP contribution in [0, 0.1) is 0 Å². The zero-order chi connectivity index (χ0) is 16.1. The predicted octanol–water partition coefficient (Wildman–Crippen LogP) is 1.03. The van der Waals surface area contributed by atoms with Crippen molar-refractivity contribution in [2.75, 3.05) is 31.1 Å². The molecule has 0 fully saturated rings. The van der Waals surface area contributed by atoms with E-state index in [1.54, 1.807) is 16.7 Å². The van der Waals surface area contributed by atoms with E-state index in [1.165, 1.54) is 0 Å². The Morgan fingerprint density at radius 1 is 1.41 bits per heavy atom. The van der Waals surface area contributed by atoms with Gasteiger partial charge in [-0.25, -0.2) is 0 Å². The molecule has 6 heteroatoms. The van der Waals surface area contributed by atoms with Crippen molar-refractivity contribution in [3.63, 3.8) is 0 Å². The molecule has 6 nitrogen and oxygen atoms in total. The molecule has 0 bridgehead atoms. The van der Waals surface area contributed by atoms with Crippen molar-refractivity contribution < 1.29 is 19.4 Å². The molecule has 1 aliphatic rings. The molecule has 0 spiro atoms. The molecule has 1 heterocycles. The number of carbonyl (C=O) groups is 2. The second-order valence-corrected chi connectivity index (χ2v) is 5.16. The predicted molar refractivity (Wildman–Crippen MR) is 82.8 cm³/mol. The van der Waals surface area contributed by atoms with Crippen LogP contribution in [0.4, 0.5) is 5.69 Å². The van der Waals surface area contributed by atoms with Gasteiger partial charge in [0, 0.05) is 26.1 Å². The first-order valence-corrected chi connectivity index (χ1v) is 7.54. The molecule has 2 amide bonds. The quantitative estimate of drug-likeness (QED) is 0.852. The Morgan fingerprint density at radius 2 is 2.14 bits per heavy atom. The van der Waals surface area contributed by atoms with Gasteiger partial charge in [0.2, 0.25) is 5.91 Å². The van der Waals surface area contributed by atoms with Gasteiger partial charge in [0.1, 0.15) is 5.75 Å². The van der Waals surface area contributed by atoms with E-state index in [1.807, 2.05) is 31.2 Å². The molecule has 0 radical (unpaired) electrons. The maximum absolute atomic E-state index is 12.3. The Hall–Kier alpha value is -2.08. The number of amides is 2. The summed E-state index contributed by atoms with van der Waals surface area (Å²) in [5, 5.41) is 8.97. The van der Waals surface area contributed by atoms with E-state index in [-0.39, 0.29) is 24.8 Å². The first kappa shape index (κ1) is 16.3. The highest BCUT2D eigenvalue weighted by molar-refractivity contribution is 6.00. The SMILES string of the molecule is CCN(CCO)C(=O)CCN1C(=O)C(C)Oc2ccccc21. The van der Waals surface area contributed by atoms with Crippen molar-refractivity contribution in [2.45, 2.75) is 26.4 Å². The highest BCUT2D eigenvalue weighted by Gasteiger charge is 2.31. The summed E-state index contributed by atoms with van der Waals surface area (Å²) in [6.07, 6.45) is -0.328. The van der Waals surface area contributed by atoms with Crippen LogP contribution in [-0.2, 0) is 9.59 Å². The molecule has 1 aromatic rings. The lowest BCUT2D eigenvalue weighted by atomic mass is 10.1. The third-order valence-corrected chi connectivity index (χ3v) is 3.73. The van der Waals surface area contributed by atoms with Crippen molar-refractivity contribution in [3.8, 4) is 5.75 Å². The summed E-state index contributed by atoms with van der Waals surface area (Å²) in [6.45, 7) is 4.69. The number of likely N-dealkylation sites (N-methyl/N-ethyl adjacent to an activating group) is 1. The number of anilines is 1. The smallest absolute Gasteiger partial charge is 0.267 e. The van der Waals surface area contributed by atoms with Crippen LogP contribution in [0.3, 0.4) is 0 Å². The highest BCUT2D eigenvalue weighted by atomic mass is 16.5. The second kappa shape index (κ2) is 7.26. The van der Waals surface area contributed by atoms with Crippen LogP contribution in [-0.4, -0.2) is 54.2 Å². The molecule has 0 saturated heterocycles. The largest absolute Gasteiger partial charge is 0.479 e. The lowest BCUT2D eigenvalue weighted by Crippen LogP contribution is -2.46. The van der Waals surface area contributed by atoms with Crippen molar-refractivity contribution >= 4 is 17.5 Å². The molecule has 0 aliphatic carbocycles. The van der Waals surface area contributed by atoms with E-state index in [2.05, 4.69) is 0 Å². The standard InChI is InChI=1S/C16H22N2O4/c1-3-17(10-11-19)15(20)8-9-18-13-6-4-5-7-14(13)22-12(2)16(18)21/h4-7,12,19H,3,8-11H2,1-2H3. The Kier molecular flexibility index (Phi) is 5.38. The third kappa shape index (κ3) is 3.39. The van der Waals surface area contributed by atoms with Gasteiger partial charge in [-0.2, -0.15) is 0 Å². The first-order valence-electron chi connectivity index (χ1n) is 7.54. The summed E-state index contributed by atoms with van der Waals surface area (Å²) in [7, 11) is 0. The van der Waals surface area contributed by atoms with E-state index in [0.717, 1.165) is 0 Å². The van der Waals surface area contributed by atoms with Gasteiger partial charge in [-0.3, -0.25) is 9.59 Å². The van der Waals surface area contributed by atoms with Gasteiger partial charge in [-0.05, 0) is 26.0 Å². The molecule has 0 aromatic heterocycles. The van der Waals surface area contributed by atoms with Crippen LogP contribution in [0.15, 0.2) is 24.3 Å². The second-order valence-electron chi connectivity index (χ2n) is 5.16. The molecular formula is C16H22N2O4. The van der Waals surface area contributed by atoms with Crippen molar-refractivity contribution in [2.24, 2.45) is 0 Å². The fraction of sp³-hybridized carbons (Fsp3) is 0.500. The fourth-order valence-electron chi connectivity index (χ4n) is 2.53. The van der Waals surface area contributed by atoms with Crippen LogP contribution in [0.1, 0.15) is 20.3 Å². The third-order valence-electron chi connectivity index (χ3n) is 3.73. The molecule has 22 heavy (non-hydrogen) atoms. The summed E-state index contributed by atoms with van der Waals surface area (Å²) in [4.78, 5) is 27.6. The highest BCUT2D eigenvalue weighted by Crippen LogP contribution is 2.33. The molecule has 120 valence electrons. The number of rotatable bonds is 6. The average molecular weight is 306 g/mol. The Morgan fingerprint density at radius 3 is 2.82 bits per heavy atom. The Balaban J connectivity index is 2.08. The number of aliphatic hydroxyl groups excluding tert-OH is 1. The number of para-hydroxylation sites is 2. The Labute approximate surface area is 130 Å². The number of hydrogen-bond donors (Lipinski definition) is 1.